The average Bonchev–Trinajstić information content (AvgIpc) is 2.65. The molecule has 0 bridgehead atoms. The molecule has 5 heteroatoms. The highest BCUT2D eigenvalue weighted by molar-refractivity contribution is 7.19. The number of aromatic nitrogens is 1. The maximum Gasteiger partial charge on any atom is 0.337 e. The molecule has 0 aliphatic rings. The van der Waals surface area contributed by atoms with E-state index in [-0.39, 0.29) is 5.56 Å². The van der Waals surface area contributed by atoms with Gasteiger partial charge in [-0.15, -0.1) is 11.3 Å². The lowest BCUT2D eigenvalue weighted by atomic mass is 10.2. The van der Waals surface area contributed by atoms with Gasteiger partial charge in [0.15, 0.2) is 0 Å². The summed E-state index contributed by atoms with van der Waals surface area (Å²) in [4.78, 5) is 15.5. The molecule has 2 heterocycles. The van der Waals surface area contributed by atoms with E-state index in [4.69, 9.17) is 16.7 Å². The van der Waals surface area contributed by atoms with E-state index in [0.717, 1.165) is 10.4 Å². The number of thiophene rings is 1. The van der Waals surface area contributed by atoms with E-state index in [1.165, 1.54) is 17.5 Å². The van der Waals surface area contributed by atoms with Gasteiger partial charge in [0.05, 0.1) is 9.90 Å². The molecule has 0 aliphatic carbocycles. The molecule has 0 aliphatic heterocycles. The predicted octanol–water partition coefficient (Wildman–Crippen LogP) is 3.16. The van der Waals surface area contributed by atoms with Crippen molar-refractivity contribution in [2.75, 3.05) is 0 Å². The Morgan fingerprint density at radius 1 is 1.40 bits per heavy atom. The van der Waals surface area contributed by atoms with E-state index in [0.29, 0.717) is 4.34 Å². The second kappa shape index (κ2) is 4.00. The molecule has 0 aromatic carbocycles. The van der Waals surface area contributed by atoms with Gasteiger partial charge in [0, 0.05) is 22.8 Å². The lowest BCUT2D eigenvalue weighted by Crippen LogP contribution is -1.96. The van der Waals surface area contributed by atoms with E-state index in [1.54, 1.807) is 18.3 Å². The molecule has 0 amide bonds. The smallest absolute Gasteiger partial charge is 0.337 e. The van der Waals surface area contributed by atoms with Crippen molar-refractivity contribution < 1.29 is 9.90 Å². The zero-order chi connectivity index (χ0) is 10.8. The molecule has 2 aromatic rings. The Bertz CT molecular complexity index is 510. The topological polar surface area (TPSA) is 50.2 Å². The molecule has 3 nitrogen and oxygen atoms in total. The molecular weight excluding hydrogens is 234 g/mol. The summed E-state index contributed by atoms with van der Waals surface area (Å²) in [6.45, 7) is 0. The van der Waals surface area contributed by atoms with E-state index in [1.807, 2.05) is 6.07 Å². The van der Waals surface area contributed by atoms with Crippen molar-refractivity contribution in [2.45, 2.75) is 0 Å². The number of hydrogen-bond acceptors (Lipinski definition) is 3. The van der Waals surface area contributed by atoms with E-state index < -0.39 is 5.97 Å². The van der Waals surface area contributed by atoms with Gasteiger partial charge in [-0.1, -0.05) is 11.6 Å². The third-order valence-corrected chi connectivity index (χ3v) is 3.12. The summed E-state index contributed by atoms with van der Waals surface area (Å²) in [6.07, 6.45) is 2.94. The molecule has 0 fully saturated rings. The van der Waals surface area contributed by atoms with Crippen LogP contribution in [-0.4, -0.2) is 16.1 Å². The quantitative estimate of drug-likeness (QED) is 0.876. The molecule has 2 rings (SSSR count). The largest absolute Gasteiger partial charge is 0.478 e. The van der Waals surface area contributed by atoms with Crippen LogP contribution < -0.4 is 0 Å². The first kappa shape index (κ1) is 10.1. The maximum atomic E-state index is 10.7. The summed E-state index contributed by atoms with van der Waals surface area (Å²) in [7, 11) is 0. The van der Waals surface area contributed by atoms with Crippen LogP contribution in [0.15, 0.2) is 30.6 Å². The standard InChI is InChI=1S/C10H6ClNO2S/c11-9-2-1-8(15-9)6-3-7(10(13)14)5-12-4-6/h1-5H,(H,13,14). The number of hydrogen-bond donors (Lipinski definition) is 1. The Hall–Kier alpha value is -1.39. The lowest BCUT2D eigenvalue weighted by molar-refractivity contribution is 0.0696. The summed E-state index contributed by atoms with van der Waals surface area (Å²) in [5.41, 5.74) is 0.948. The van der Waals surface area contributed by atoms with Gasteiger partial charge < -0.3 is 5.11 Å². The fourth-order valence-corrected chi connectivity index (χ4v) is 2.19. The SMILES string of the molecule is O=C(O)c1cncc(-c2ccc(Cl)s2)c1. The third-order valence-electron chi connectivity index (χ3n) is 1.84. The molecule has 0 radical (unpaired) electrons. The van der Waals surface area contributed by atoms with Crippen molar-refractivity contribution in [2.24, 2.45) is 0 Å². The van der Waals surface area contributed by atoms with Gasteiger partial charge in [-0.2, -0.15) is 0 Å². The molecule has 76 valence electrons. The zero-order valence-electron chi connectivity index (χ0n) is 7.48. The van der Waals surface area contributed by atoms with E-state index in [2.05, 4.69) is 4.98 Å². The van der Waals surface area contributed by atoms with Crippen LogP contribution in [0.25, 0.3) is 10.4 Å². The van der Waals surface area contributed by atoms with Gasteiger partial charge in [-0.05, 0) is 18.2 Å². The molecular formula is C10H6ClNO2S. The molecule has 1 N–H and O–H groups in total. The molecule has 0 spiro atoms. The maximum absolute atomic E-state index is 10.7. The number of carbonyl (C=O) groups is 1. The minimum atomic E-state index is -0.980. The number of aromatic carboxylic acids is 1. The molecule has 2 aromatic heterocycles. The van der Waals surface area contributed by atoms with Crippen LogP contribution in [0.2, 0.25) is 4.34 Å². The summed E-state index contributed by atoms with van der Waals surface area (Å²) >= 11 is 7.19. The van der Waals surface area contributed by atoms with Gasteiger partial charge in [0.2, 0.25) is 0 Å². The van der Waals surface area contributed by atoms with Gasteiger partial charge in [-0.3, -0.25) is 4.98 Å². The Morgan fingerprint density at radius 3 is 2.80 bits per heavy atom. The first-order valence-corrected chi connectivity index (χ1v) is 5.30. The van der Waals surface area contributed by atoms with Crippen LogP contribution in [0.1, 0.15) is 10.4 Å². The van der Waals surface area contributed by atoms with E-state index in [9.17, 15) is 4.79 Å². The van der Waals surface area contributed by atoms with Gasteiger partial charge in [0.1, 0.15) is 0 Å². The fraction of sp³-hybridized carbons (Fsp3) is 0. The highest BCUT2D eigenvalue weighted by atomic mass is 35.5. The average molecular weight is 240 g/mol. The number of carboxylic acids is 1. The van der Waals surface area contributed by atoms with Crippen LogP contribution in [0.5, 0.6) is 0 Å². The second-order valence-electron chi connectivity index (χ2n) is 2.87. The minimum Gasteiger partial charge on any atom is -0.478 e. The lowest BCUT2D eigenvalue weighted by Gasteiger charge is -1.98. The predicted molar refractivity (Wildman–Crippen MR) is 59.5 cm³/mol. The second-order valence-corrected chi connectivity index (χ2v) is 4.59. The highest BCUT2D eigenvalue weighted by Crippen LogP contribution is 2.30. The first-order valence-electron chi connectivity index (χ1n) is 4.11. The van der Waals surface area contributed by atoms with Gasteiger partial charge in [0.25, 0.3) is 0 Å². The van der Waals surface area contributed by atoms with Crippen molar-refractivity contribution in [3.8, 4) is 10.4 Å². The fourth-order valence-electron chi connectivity index (χ4n) is 1.16. The van der Waals surface area contributed by atoms with Crippen molar-refractivity contribution in [3.05, 3.63) is 40.5 Å². The number of nitrogens with zero attached hydrogens (tertiary/aromatic N) is 1. The Morgan fingerprint density at radius 2 is 2.20 bits per heavy atom. The highest BCUT2D eigenvalue weighted by Gasteiger charge is 2.07. The van der Waals surface area contributed by atoms with Crippen LogP contribution in [-0.2, 0) is 0 Å². The van der Waals surface area contributed by atoms with Gasteiger partial charge in [-0.25, -0.2) is 4.79 Å². The summed E-state index contributed by atoms with van der Waals surface area (Å²) < 4.78 is 0.672. The Labute approximate surface area is 95.0 Å². The third kappa shape index (κ3) is 2.16. The molecule has 0 saturated heterocycles. The summed E-state index contributed by atoms with van der Waals surface area (Å²) in [5.74, 6) is -0.980. The van der Waals surface area contributed by atoms with Crippen LogP contribution in [0, 0.1) is 0 Å². The molecule has 0 saturated carbocycles. The molecule has 0 unspecified atom stereocenters. The Kier molecular flexibility index (Phi) is 2.70. The van der Waals surface area contributed by atoms with Gasteiger partial charge >= 0.3 is 5.97 Å². The van der Waals surface area contributed by atoms with Crippen molar-refractivity contribution in [3.63, 3.8) is 0 Å². The normalized spacial score (nSPS) is 10.2. The summed E-state index contributed by atoms with van der Waals surface area (Å²) in [6, 6.07) is 5.20. The van der Waals surface area contributed by atoms with Crippen LogP contribution in [0.3, 0.4) is 0 Å². The number of carboxylic acid groups (broad SMARTS) is 1. The van der Waals surface area contributed by atoms with Crippen molar-refractivity contribution >= 4 is 28.9 Å². The minimum absolute atomic E-state index is 0.178. The molecule has 0 atom stereocenters. The van der Waals surface area contributed by atoms with E-state index >= 15 is 0 Å². The van der Waals surface area contributed by atoms with Crippen LogP contribution in [0.4, 0.5) is 0 Å². The summed E-state index contributed by atoms with van der Waals surface area (Å²) in [5, 5.41) is 8.80. The first-order chi connectivity index (χ1) is 7.16. The van der Waals surface area contributed by atoms with Crippen molar-refractivity contribution in [1.29, 1.82) is 0 Å². The monoisotopic (exact) mass is 239 g/mol. The number of halogens is 1. The number of rotatable bonds is 2. The van der Waals surface area contributed by atoms with Crippen molar-refractivity contribution in [1.82, 2.24) is 4.98 Å². The zero-order valence-corrected chi connectivity index (χ0v) is 9.05. The van der Waals surface area contributed by atoms with Crippen LogP contribution >= 0.6 is 22.9 Å². The number of pyridine rings is 1. The molecule has 15 heavy (non-hydrogen) atoms. The Balaban J connectivity index is 2.45.